The number of nitrogens with one attached hydrogen (secondary N) is 1. The molecule has 3 saturated heterocycles. The Morgan fingerprint density at radius 1 is 1.07 bits per heavy atom. The van der Waals surface area contributed by atoms with E-state index >= 15 is 13.2 Å². The predicted molar refractivity (Wildman–Crippen MR) is 198 cm³/mol. The summed E-state index contributed by atoms with van der Waals surface area (Å²) in [6.07, 6.45) is 2.43. The van der Waals surface area contributed by atoms with Crippen molar-refractivity contribution >= 4 is 50.9 Å². The van der Waals surface area contributed by atoms with Crippen LogP contribution in [-0.2, 0) is 11.2 Å². The number of likely N-dealkylation sites (tertiary alicyclic amines) is 1. The van der Waals surface area contributed by atoms with E-state index in [1.165, 1.54) is 0 Å². The number of benzene rings is 3. The van der Waals surface area contributed by atoms with Gasteiger partial charge in [0.25, 0.3) is 0 Å². The summed E-state index contributed by atoms with van der Waals surface area (Å²) in [4.78, 5) is 20.6. The van der Waals surface area contributed by atoms with E-state index in [2.05, 4.69) is 16.0 Å². The number of aryl methyl sites for hydroxylation is 2. The van der Waals surface area contributed by atoms with Gasteiger partial charge < -0.3 is 19.5 Å². The van der Waals surface area contributed by atoms with Gasteiger partial charge in [-0.05, 0) is 74.4 Å². The van der Waals surface area contributed by atoms with Crippen LogP contribution in [0.4, 0.5) is 13.2 Å². The summed E-state index contributed by atoms with van der Waals surface area (Å²) in [5.41, 5.74) is 3.45. The third-order valence-corrected chi connectivity index (χ3v) is 12.5. The lowest BCUT2D eigenvalue weighted by molar-refractivity contribution is -0.133. The third kappa shape index (κ3) is 5.51. The van der Waals surface area contributed by atoms with Crippen LogP contribution in [0, 0.1) is 58.9 Å². The molecule has 10 rings (SSSR count). The van der Waals surface area contributed by atoms with Gasteiger partial charge in [-0.15, -0.1) is 0 Å². The van der Waals surface area contributed by atoms with E-state index in [1.807, 2.05) is 19.1 Å². The van der Waals surface area contributed by atoms with E-state index in [1.54, 1.807) is 29.2 Å². The number of nitrogens with zero attached hydrogens (tertiary/aromatic N) is 5. The first-order chi connectivity index (χ1) is 26.1. The molecule has 0 unspecified atom stereocenters. The van der Waals surface area contributed by atoms with Crippen LogP contribution in [0.25, 0.3) is 32.9 Å². The highest BCUT2D eigenvalue weighted by molar-refractivity contribution is 6.43. The maximum atomic E-state index is 17.2. The fourth-order valence-electron chi connectivity index (χ4n) is 8.97. The van der Waals surface area contributed by atoms with Gasteiger partial charge in [0, 0.05) is 64.6 Å². The van der Waals surface area contributed by atoms with Gasteiger partial charge in [-0.1, -0.05) is 35.3 Å². The lowest BCUT2D eigenvalue weighted by Crippen LogP contribution is -2.41. The molecule has 8 nitrogen and oxygen atoms in total. The summed E-state index contributed by atoms with van der Waals surface area (Å²) >= 11 is 13.1. The summed E-state index contributed by atoms with van der Waals surface area (Å²) in [5.74, 6) is -2.99. The maximum Gasteiger partial charge on any atom is 0.226 e. The van der Waals surface area contributed by atoms with Crippen molar-refractivity contribution in [1.29, 1.82) is 10.5 Å². The van der Waals surface area contributed by atoms with Crippen LogP contribution in [0.3, 0.4) is 0 Å². The zero-order valence-electron chi connectivity index (χ0n) is 29.1. The van der Waals surface area contributed by atoms with Crippen molar-refractivity contribution in [2.24, 2.45) is 11.8 Å². The Balaban J connectivity index is 1.24. The minimum Gasteiger partial charge on any atom is -0.482 e. The molecule has 1 amide bonds. The maximum absolute atomic E-state index is 17.2. The van der Waals surface area contributed by atoms with E-state index < -0.39 is 35.3 Å². The van der Waals surface area contributed by atoms with Gasteiger partial charge in [-0.2, -0.15) is 10.5 Å². The zero-order valence-corrected chi connectivity index (χ0v) is 30.6. The number of amides is 1. The van der Waals surface area contributed by atoms with Crippen LogP contribution in [0.15, 0.2) is 42.5 Å². The minimum atomic E-state index is -0.984. The third-order valence-electron chi connectivity index (χ3n) is 11.7. The van der Waals surface area contributed by atoms with Crippen LogP contribution >= 0.6 is 23.2 Å². The molecule has 5 aromatic rings. The molecule has 5 atom stereocenters. The second kappa shape index (κ2) is 13.2. The second-order valence-electron chi connectivity index (χ2n) is 14.9. The molecule has 2 aromatic heterocycles. The number of carbonyl (C=O) groups is 1. The molecule has 5 aliphatic rings. The Labute approximate surface area is 319 Å². The van der Waals surface area contributed by atoms with Gasteiger partial charge >= 0.3 is 0 Å². The monoisotopic (exact) mass is 768 g/mol. The van der Waals surface area contributed by atoms with Gasteiger partial charge in [-0.3, -0.25) is 4.79 Å². The molecule has 274 valence electrons. The number of halogens is 5. The molecule has 2 aliphatic carbocycles. The van der Waals surface area contributed by atoms with Gasteiger partial charge in [0.2, 0.25) is 5.91 Å². The van der Waals surface area contributed by atoms with Crippen LogP contribution in [0.5, 0.6) is 5.75 Å². The summed E-state index contributed by atoms with van der Waals surface area (Å²) in [5, 5.41) is 24.3. The number of pyridine rings is 1. The molecule has 0 spiro atoms. The quantitative estimate of drug-likeness (QED) is 0.169. The van der Waals surface area contributed by atoms with E-state index in [0.29, 0.717) is 28.1 Å². The minimum absolute atomic E-state index is 0.00132. The molecule has 2 bridgehead atoms. The number of hydrogen-bond donors (Lipinski definition) is 1. The fraction of sp³-hybridized carbons (Fsp3) is 0.366. The smallest absolute Gasteiger partial charge is 0.226 e. The highest BCUT2D eigenvalue weighted by atomic mass is 35.5. The molecular weight excluding hydrogens is 736 g/mol. The number of ether oxygens (including phenoxy) is 1. The van der Waals surface area contributed by atoms with Crippen molar-refractivity contribution in [2.75, 3.05) is 13.1 Å². The normalized spacial score (nSPS) is 23.1. The van der Waals surface area contributed by atoms with Crippen molar-refractivity contribution in [3.05, 3.63) is 92.5 Å². The fourth-order valence-corrected chi connectivity index (χ4v) is 9.37. The molecule has 5 fully saturated rings. The number of nitriles is 2. The van der Waals surface area contributed by atoms with Crippen LogP contribution in [0.2, 0.25) is 10.0 Å². The largest absolute Gasteiger partial charge is 0.482 e. The lowest BCUT2D eigenvalue weighted by atomic mass is 9.79. The van der Waals surface area contributed by atoms with Gasteiger partial charge in [0.1, 0.15) is 11.6 Å². The van der Waals surface area contributed by atoms with Gasteiger partial charge in [0.05, 0.1) is 51.9 Å². The summed E-state index contributed by atoms with van der Waals surface area (Å²) in [6.45, 7) is 2.77. The van der Waals surface area contributed by atoms with Crippen LogP contribution in [0.1, 0.15) is 66.7 Å². The number of aromatic nitrogens is 2. The Morgan fingerprint density at radius 3 is 2.52 bits per heavy atom. The standard InChI is InChI=1S/C41H33Cl2F3N6O2/c1-19-26-15-33(32-14-24(18-51(32)41(53)21-7-8-21)54-40-29(44)10-20(16-48)11-30(40)45)52(38-23-13-31(38)49-17-23)39(26)27-12-22(4-3-9-47)34(36(46)37(27)50-19)25-5-2-6-28(42)35(25)43/h2,5-6,10-12,15,21,23-24,31-32,38,49H,3-4,7-8,13-14,17-18H2,1H3/t23-,24+,31-,32-,38+/m1/s1. The van der Waals surface area contributed by atoms with E-state index in [-0.39, 0.29) is 76.4 Å². The molecule has 13 heteroatoms. The average molecular weight is 770 g/mol. The number of rotatable bonds is 8. The van der Waals surface area contributed by atoms with Crippen molar-refractivity contribution in [1.82, 2.24) is 19.8 Å². The Morgan fingerprint density at radius 2 is 1.85 bits per heavy atom. The van der Waals surface area contributed by atoms with Crippen molar-refractivity contribution in [2.45, 2.75) is 69.7 Å². The van der Waals surface area contributed by atoms with Gasteiger partial charge in [0.15, 0.2) is 23.2 Å². The Hall–Kier alpha value is -4.81. The molecule has 54 heavy (non-hydrogen) atoms. The Kier molecular flexibility index (Phi) is 8.53. The van der Waals surface area contributed by atoms with E-state index in [4.69, 9.17) is 32.9 Å². The zero-order chi connectivity index (χ0) is 37.6. The number of hydrogen-bond acceptors (Lipinski definition) is 6. The lowest BCUT2D eigenvalue weighted by Gasteiger charge is -2.39. The molecule has 3 aromatic carbocycles. The molecule has 2 saturated carbocycles. The second-order valence-corrected chi connectivity index (χ2v) is 15.7. The van der Waals surface area contributed by atoms with E-state index in [9.17, 15) is 15.3 Å². The van der Waals surface area contributed by atoms with Gasteiger partial charge in [-0.25, -0.2) is 18.2 Å². The first-order valence-electron chi connectivity index (χ1n) is 18.1. The molecule has 1 N–H and O–H groups in total. The molecule has 3 aliphatic heterocycles. The topological polar surface area (TPSA) is 107 Å². The highest BCUT2D eigenvalue weighted by Crippen LogP contribution is 2.51. The van der Waals surface area contributed by atoms with Crippen LogP contribution < -0.4 is 10.1 Å². The van der Waals surface area contributed by atoms with Crippen molar-refractivity contribution in [3.8, 4) is 29.0 Å². The summed E-state index contributed by atoms with van der Waals surface area (Å²) in [7, 11) is 0. The SMILES string of the molecule is Cc1nc2c(F)c(-c3cccc(Cl)c3Cl)c(CCC#N)cc2c2c1cc([C@H]1C[C@H](Oc3c(F)cc(C#N)cc3F)CN1C(=O)C1CC1)n2[C@H]1[C@H]2CN[C@@H]1C2. The first-order valence-corrected chi connectivity index (χ1v) is 18.9. The first kappa shape index (κ1) is 34.9. The van der Waals surface area contributed by atoms with E-state index in [0.717, 1.165) is 54.5 Å². The summed E-state index contributed by atoms with van der Waals surface area (Å²) in [6, 6.07) is 14.4. The van der Waals surface area contributed by atoms with Crippen molar-refractivity contribution in [3.63, 3.8) is 0 Å². The number of fused-ring (bicyclic) bond motifs is 4. The average Bonchev–Trinajstić information content (AvgIpc) is 3.44. The molecular formula is C41H33Cl2F3N6O2. The molecule has 0 radical (unpaired) electrons. The summed E-state index contributed by atoms with van der Waals surface area (Å²) < 4.78 is 55.5. The predicted octanol–water partition coefficient (Wildman–Crippen LogP) is 8.88. The number of carbonyl (C=O) groups excluding carboxylic acids is 1. The highest BCUT2D eigenvalue weighted by Gasteiger charge is 2.51. The van der Waals surface area contributed by atoms with Crippen LogP contribution in [-0.4, -0.2) is 45.6 Å². The van der Waals surface area contributed by atoms with Crippen molar-refractivity contribution < 1.29 is 22.7 Å². The Bertz CT molecular complexity index is 2470. The molecule has 5 heterocycles.